The van der Waals surface area contributed by atoms with Gasteiger partial charge >= 0.3 is 12.1 Å². The van der Waals surface area contributed by atoms with E-state index in [4.69, 9.17) is 4.74 Å². The quantitative estimate of drug-likeness (QED) is 0.286. The van der Waals surface area contributed by atoms with Crippen LogP contribution >= 0.6 is 0 Å². The van der Waals surface area contributed by atoms with Crippen molar-refractivity contribution in [1.29, 1.82) is 0 Å². The Bertz CT molecular complexity index is 543. The molecule has 0 aliphatic heterocycles. The van der Waals surface area contributed by atoms with Crippen LogP contribution in [0.5, 0.6) is 5.75 Å². The predicted octanol–water partition coefficient (Wildman–Crippen LogP) is 6.78. The second-order valence-corrected chi connectivity index (χ2v) is 7.42. The zero-order valence-electron chi connectivity index (χ0n) is 15.5. The molecule has 0 heterocycles. The number of esters is 1. The average Bonchev–Trinajstić information content (AvgIpc) is 2.61. The van der Waals surface area contributed by atoms with Gasteiger partial charge < -0.3 is 4.74 Å². The van der Waals surface area contributed by atoms with Gasteiger partial charge in [0.15, 0.2) is 0 Å². The third kappa shape index (κ3) is 7.00. The molecule has 0 unspecified atom stereocenters. The molecule has 5 heteroatoms. The van der Waals surface area contributed by atoms with E-state index in [2.05, 4.69) is 6.92 Å². The number of halogens is 3. The van der Waals surface area contributed by atoms with Gasteiger partial charge in [0.05, 0.1) is 5.56 Å². The number of carbonyl (C=O) groups excluding carboxylic acids is 1. The van der Waals surface area contributed by atoms with Crippen LogP contribution in [0, 0.1) is 11.8 Å². The first-order valence-electron chi connectivity index (χ1n) is 9.76. The topological polar surface area (TPSA) is 26.3 Å². The summed E-state index contributed by atoms with van der Waals surface area (Å²) in [5, 5.41) is 0. The number of rotatable bonds is 8. The van der Waals surface area contributed by atoms with E-state index in [9.17, 15) is 18.0 Å². The van der Waals surface area contributed by atoms with Crippen LogP contribution in [0.15, 0.2) is 24.3 Å². The summed E-state index contributed by atoms with van der Waals surface area (Å²) in [6.07, 6.45) is 6.83. The highest BCUT2D eigenvalue weighted by molar-refractivity contribution is 5.72. The molecule has 1 fully saturated rings. The maximum absolute atomic E-state index is 12.5. The molecule has 1 aromatic rings. The minimum absolute atomic E-state index is 0.169. The molecule has 0 aromatic heterocycles. The summed E-state index contributed by atoms with van der Waals surface area (Å²) >= 11 is 0. The molecule has 1 aliphatic carbocycles. The van der Waals surface area contributed by atoms with Gasteiger partial charge in [0, 0.05) is 6.42 Å². The van der Waals surface area contributed by atoms with Crippen molar-refractivity contribution < 1.29 is 22.7 Å². The molecule has 0 radical (unpaired) electrons. The molecule has 0 atom stereocenters. The van der Waals surface area contributed by atoms with Crippen molar-refractivity contribution in [1.82, 2.24) is 0 Å². The van der Waals surface area contributed by atoms with Gasteiger partial charge in [0.1, 0.15) is 5.75 Å². The summed E-state index contributed by atoms with van der Waals surface area (Å²) in [4.78, 5) is 11.9. The van der Waals surface area contributed by atoms with Crippen molar-refractivity contribution in [3.8, 4) is 5.75 Å². The molecule has 0 bridgehead atoms. The molecule has 0 amide bonds. The van der Waals surface area contributed by atoms with Crippen LogP contribution in [0.1, 0.15) is 76.7 Å². The Morgan fingerprint density at radius 2 is 1.58 bits per heavy atom. The van der Waals surface area contributed by atoms with Crippen LogP contribution in [0.2, 0.25) is 0 Å². The lowest BCUT2D eigenvalue weighted by Crippen LogP contribution is -2.17. The molecular weight excluding hydrogens is 341 g/mol. The first-order valence-corrected chi connectivity index (χ1v) is 9.76. The van der Waals surface area contributed by atoms with E-state index in [0.29, 0.717) is 12.3 Å². The van der Waals surface area contributed by atoms with Crippen LogP contribution in [-0.4, -0.2) is 5.97 Å². The number of unbranched alkanes of at least 4 members (excludes halogenated alkanes) is 2. The van der Waals surface area contributed by atoms with E-state index < -0.39 is 11.7 Å². The number of hydrogen-bond acceptors (Lipinski definition) is 2. The fourth-order valence-corrected chi connectivity index (χ4v) is 3.71. The maximum Gasteiger partial charge on any atom is 0.416 e. The van der Waals surface area contributed by atoms with Gasteiger partial charge in [-0.15, -0.1) is 0 Å². The van der Waals surface area contributed by atoms with Gasteiger partial charge in [-0.3, -0.25) is 4.79 Å². The summed E-state index contributed by atoms with van der Waals surface area (Å²) in [6.45, 7) is 2.22. The Balaban J connectivity index is 1.66. The SMILES string of the molecule is CCCCC[C@H]1CC[C@H](CCC(=O)Oc2ccc(C(F)(F)F)cc2)CC1. The van der Waals surface area contributed by atoms with Crippen LogP contribution < -0.4 is 4.74 Å². The molecule has 0 N–H and O–H groups in total. The molecule has 146 valence electrons. The second-order valence-electron chi connectivity index (χ2n) is 7.42. The number of hydrogen-bond donors (Lipinski definition) is 0. The standard InChI is InChI=1S/C21H29F3O2/c1-2-3-4-5-16-6-8-17(9-7-16)10-15-20(25)26-19-13-11-18(12-14-19)21(22,23)24/h11-14,16-17H,2-10,15H2,1H3/t16-,17-. The summed E-state index contributed by atoms with van der Waals surface area (Å²) in [6, 6.07) is 4.26. The van der Waals surface area contributed by atoms with Crippen molar-refractivity contribution in [3.05, 3.63) is 29.8 Å². The largest absolute Gasteiger partial charge is 0.427 e. The number of ether oxygens (including phenoxy) is 1. The third-order valence-electron chi connectivity index (χ3n) is 5.35. The Morgan fingerprint density at radius 3 is 2.12 bits per heavy atom. The van der Waals surface area contributed by atoms with Crippen LogP contribution in [0.25, 0.3) is 0 Å². The minimum atomic E-state index is -4.38. The lowest BCUT2D eigenvalue weighted by Gasteiger charge is -2.28. The van der Waals surface area contributed by atoms with Gasteiger partial charge in [-0.25, -0.2) is 0 Å². The predicted molar refractivity (Wildman–Crippen MR) is 95.9 cm³/mol. The number of benzene rings is 1. The summed E-state index contributed by atoms with van der Waals surface area (Å²) in [5.41, 5.74) is -0.743. The Hall–Kier alpha value is -1.52. The zero-order chi connectivity index (χ0) is 19.0. The normalized spacial score (nSPS) is 20.8. The molecule has 0 spiro atoms. The van der Waals surface area contributed by atoms with Crippen LogP contribution in [-0.2, 0) is 11.0 Å². The number of alkyl halides is 3. The van der Waals surface area contributed by atoms with E-state index >= 15 is 0 Å². The first-order chi connectivity index (χ1) is 12.4. The zero-order valence-corrected chi connectivity index (χ0v) is 15.5. The highest BCUT2D eigenvalue weighted by Crippen LogP contribution is 2.34. The fraction of sp³-hybridized carbons (Fsp3) is 0.667. The second kappa shape index (κ2) is 9.98. The summed E-state index contributed by atoms with van der Waals surface area (Å²) < 4.78 is 42.7. The molecule has 2 nitrogen and oxygen atoms in total. The van der Waals surface area contributed by atoms with E-state index in [-0.39, 0.29) is 11.7 Å². The van der Waals surface area contributed by atoms with Crippen LogP contribution in [0.3, 0.4) is 0 Å². The van der Waals surface area contributed by atoms with E-state index in [1.807, 2.05) is 0 Å². The Kier molecular flexibility index (Phi) is 7.98. The van der Waals surface area contributed by atoms with Gasteiger partial charge in [-0.05, 0) is 42.5 Å². The highest BCUT2D eigenvalue weighted by atomic mass is 19.4. The first kappa shape index (κ1) is 20.8. The number of carbonyl (C=O) groups is 1. The Morgan fingerprint density at radius 1 is 1.00 bits per heavy atom. The van der Waals surface area contributed by atoms with Crippen LogP contribution in [0.4, 0.5) is 13.2 Å². The molecule has 1 saturated carbocycles. The average molecular weight is 370 g/mol. The molecule has 2 rings (SSSR count). The maximum atomic E-state index is 12.5. The van der Waals surface area contributed by atoms with Gasteiger partial charge in [0.2, 0.25) is 0 Å². The van der Waals surface area contributed by atoms with Gasteiger partial charge in [0.25, 0.3) is 0 Å². The monoisotopic (exact) mass is 370 g/mol. The molecule has 0 saturated heterocycles. The summed E-state index contributed by atoms with van der Waals surface area (Å²) in [7, 11) is 0. The summed E-state index contributed by atoms with van der Waals surface area (Å²) in [5.74, 6) is 1.21. The smallest absolute Gasteiger partial charge is 0.416 e. The Labute approximate surface area is 154 Å². The van der Waals surface area contributed by atoms with E-state index in [1.165, 1.54) is 63.5 Å². The van der Waals surface area contributed by atoms with E-state index in [1.54, 1.807) is 0 Å². The minimum Gasteiger partial charge on any atom is -0.427 e. The van der Waals surface area contributed by atoms with Crippen molar-refractivity contribution in [2.45, 2.75) is 77.3 Å². The van der Waals surface area contributed by atoms with E-state index in [0.717, 1.165) is 24.5 Å². The van der Waals surface area contributed by atoms with Crippen molar-refractivity contribution in [2.24, 2.45) is 11.8 Å². The van der Waals surface area contributed by atoms with Crippen molar-refractivity contribution >= 4 is 5.97 Å². The van der Waals surface area contributed by atoms with Gasteiger partial charge in [-0.1, -0.05) is 58.3 Å². The van der Waals surface area contributed by atoms with Crippen molar-refractivity contribution in [2.75, 3.05) is 0 Å². The molecule has 26 heavy (non-hydrogen) atoms. The molecular formula is C21H29F3O2. The van der Waals surface area contributed by atoms with Gasteiger partial charge in [-0.2, -0.15) is 13.2 Å². The fourth-order valence-electron chi connectivity index (χ4n) is 3.71. The third-order valence-corrected chi connectivity index (χ3v) is 5.35. The highest BCUT2D eigenvalue weighted by Gasteiger charge is 2.30. The molecule has 1 aliphatic rings. The lowest BCUT2D eigenvalue weighted by molar-refractivity contribution is -0.137. The molecule has 1 aromatic carbocycles. The lowest BCUT2D eigenvalue weighted by atomic mass is 9.78. The van der Waals surface area contributed by atoms with Crippen molar-refractivity contribution in [3.63, 3.8) is 0 Å².